The molecule has 0 radical (unpaired) electrons. The van der Waals surface area contributed by atoms with Crippen molar-refractivity contribution in [2.75, 3.05) is 32.7 Å². The predicted octanol–water partition coefficient (Wildman–Crippen LogP) is 2.20. The van der Waals surface area contributed by atoms with Crippen LogP contribution in [0.5, 0.6) is 0 Å². The molecule has 0 aromatic heterocycles. The van der Waals surface area contributed by atoms with Gasteiger partial charge in [0.25, 0.3) is 0 Å². The van der Waals surface area contributed by atoms with E-state index in [0.717, 1.165) is 12.2 Å². The van der Waals surface area contributed by atoms with Gasteiger partial charge in [-0.15, -0.1) is 0 Å². The van der Waals surface area contributed by atoms with Crippen LogP contribution in [-0.2, 0) is 4.84 Å². The molecule has 0 saturated heterocycles. The molecular formula is C10H15IN2O. The van der Waals surface area contributed by atoms with E-state index in [1.807, 2.05) is 38.4 Å². The molecule has 0 aliphatic carbocycles. The van der Waals surface area contributed by atoms with E-state index in [9.17, 15) is 0 Å². The molecular weight excluding hydrogens is 291 g/mol. The number of halogens is 1. The standard InChI is InChI=1S/C10H15IN2O/c1-13(2)7-8-14-12-10-5-3-9(11)4-6-10/h3-6,12H,7-8H2,1-2H3. The van der Waals surface area contributed by atoms with Crippen molar-refractivity contribution in [3.63, 3.8) is 0 Å². The van der Waals surface area contributed by atoms with Gasteiger partial charge in [0.05, 0.1) is 12.3 Å². The highest BCUT2D eigenvalue weighted by molar-refractivity contribution is 14.1. The number of likely N-dealkylation sites (N-methyl/N-ethyl adjacent to an activating group) is 1. The Morgan fingerprint density at radius 3 is 2.50 bits per heavy atom. The van der Waals surface area contributed by atoms with E-state index < -0.39 is 0 Å². The number of hydrogen-bond acceptors (Lipinski definition) is 3. The third-order valence-electron chi connectivity index (χ3n) is 1.67. The Labute approximate surface area is 98.5 Å². The van der Waals surface area contributed by atoms with Crippen LogP contribution in [0.3, 0.4) is 0 Å². The lowest BCUT2D eigenvalue weighted by molar-refractivity contribution is 0.168. The molecule has 1 aromatic carbocycles. The first kappa shape index (κ1) is 11.7. The normalized spacial score (nSPS) is 10.6. The lowest BCUT2D eigenvalue weighted by Crippen LogP contribution is -2.19. The van der Waals surface area contributed by atoms with Gasteiger partial charge in [-0.05, 0) is 61.0 Å². The molecule has 0 fully saturated rings. The lowest BCUT2D eigenvalue weighted by Gasteiger charge is -2.10. The molecule has 3 nitrogen and oxygen atoms in total. The Morgan fingerprint density at radius 2 is 1.93 bits per heavy atom. The predicted molar refractivity (Wildman–Crippen MR) is 67.3 cm³/mol. The minimum atomic E-state index is 0.680. The Morgan fingerprint density at radius 1 is 1.29 bits per heavy atom. The Bertz CT molecular complexity index is 261. The molecule has 0 amide bonds. The molecule has 0 atom stereocenters. The minimum absolute atomic E-state index is 0.680. The molecule has 1 aromatic rings. The smallest absolute Gasteiger partial charge is 0.0872 e. The van der Waals surface area contributed by atoms with E-state index >= 15 is 0 Å². The van der Waals surface area contributed by atoms with E-state index in [2.05, 4.69) is 33.0 Å². The molecule has 0 unspecified atom stereocenters. The van der Waals surface area contributed by atoms with Crippen molar-refractivity contribution in [3.8, 4) is 0 Å². The first-order valence-electron chi connectivity index (χ1n) is 4.46. The van der Waals surface area contributed by atoms with Gasteiger partial charge in [0.15, 0.2) is 0 Å². The molecule has 1 rings (SSSR count). The maximum Gasteiger partial charge on any atom is 0.0872 e. The SMILES string of the molecule is CN(C)CCONc1ccc(I)cc1. The maximum atomic E-state index is 5.28. The summed E-state index contributed by atoms with van der Waals surface area (Å²) in [5.74, 6) is 0. The summed E-state index contributed by atoms with van der Waals surface area (Å²) in [5, 5.41) is 0. The van der Waals surface area contributed by atoms with Crippen LogP contribution >= 0.6 is 22.6 Å². The number of hydrogen-bond donors (Lipinski definition) is 1. The zero-order valence-electron chi connectivity index (χ0n) is 8.46. The summed E-state index contributed by atoms with van der Waals surface area (Å²) in [6.45, 7) is 1.59. The van der Waals surface area contributed by atoms with Crippen molar-refractivity contribution in [2.45, 2.75) is 0 Å². The van der Waals surface area contributed by atoms with Gasteiger partial charge in [0, 0.05) is 10.1 Å². The number of rotatable bonds is 5. The first-order valence-corrected chi connectivity index (χ1v) is 5.54. The summed E-state index contributed by atoms with van der Waals surface area (Å²) in [6.07, 6.45) is 0. The van der Waals surface area contributed by atoms with Gasteiger partial charge < -0.3 is 4.90 Å². The Balaban J connectivity index is 2.21. The van der Waals surface area contributed by atoms with Gasteiger partial charge in [-0.2, -0.15) is 0 Å². The topological polar surface area (TPSA) is 24.5 Å². The fourth-order valence-corrected chi connectivity index (χ4v) is 1.24. The molecule has 0 heterocycles. The maximum absolute atomic E-state index is 5.28. The second-order valence-corrected chi connectivity index (χ2v) is 4.51. The molecule has 0 aliphatic rings. The number of nitrogens with zero attached hydrogens (tertiary/aromatic N) is 1. The van der Waals surface area contributed by atoms with Crippen molar-refractivity contribution >= 4 is 28.3 Å². The largest absolute Gasteiger partial charge is 0.307 e. The highest BCUT2D eigenvalue weighted by Gasteiger charge is 1.92. The molecule has 0 saturated carbocycles. The summed E-state index contributed by atoms with van der Waals surface area (Å²) in [4.78, 5) is 7.36. The average molecular weight is 306 g/mol. The van der Waals surface area contributed by atoms with Crippen LogP contribution in [0.1, 0.15) is 0 Å². The van der Waals surface area contributed by atoms with Crippen LogP contribution < -0.4 is 5.48 Å². The molecule has 1 N–H and O–H groups in total. The van der Waals surface area contributed by atoms with E-state index in [1.165, 1.54) is 3.57 Å². The van der Waals surface area contributed by atoms with Crippen molar-refractivity contribution in [2.24, 2.45) is 0 Å². The third kappa shape index (κ3) is 4.78. The van der Waals surface area contributed by atoms with E-state index in [-0.39, 0.29) is 0 Å². The lowest BCUT2D eigenvalue weighted by atomic mass is 10.3. The zero-order valence-corrected chi connectivity index (χ0v) is 10.6. The summed E-state index contributed by atoms with van der Waals surface area (Å²) in [6, 6.07) is 8.07. The van der Waals surface area contributed by atoms with Crippen LogP contribution in [0, 0.1) is 3.57 Å². The Hall–Kier alpha value is -0.330. The quantitative estimate of drug-likeness (QED) is 0.513. The molecule has 0 bridgehead atoms. The average Bonchev–Trinajstić information content (AvgIpc) is 2.15. The minimum Gasteiger partial charge on any atom is -0.307 e. The van der Waals surface area contributed by atoms with E-state index in [4.69, 9.17) is 4.84 Å². The number of benzene rings is 1. The van der Waals surface area contributed by atoms with E-state index in [1.54, 1.807) is 0 Å². The fourth-order valence-electron chi connectivity index (χ4n) is 0.881. The highest BCUT2D eigenvalue weighted by atomic mass is 127. The van der Waals surface area contributed by atoms with Crippen LogP contribution in [0.4, 0.5) is 5.69 Å². The molecule has 0 spiro atoms. The summed E-state index contributed by atoms with van der Waals surface area (Å²) < 4.78 is 1.22. The number of nitrogens with one attached hydrogen (secondary N) is 1. The van der Waals surface area contributed by atoms with Crippen LogP contribution in [0.2, 0.25) is 0 Å². The molecule has 4 heteroatoms. The second-order valence-electron chi connectivity index (χ2n) is 3.26. The Kier molecular flexibility index (Phi) is 5.21. The number of anilines is 1. The monoisotopic (exact) mass is 306 g/mol. The van der Waals surface area contributed by atoms with Crippen molar-refractivity contribution < 1.29 is 4.84 Å². The summed E-state index contributed by atoms with van der Waals surface area (Å²) in [7, 11) is 4.04. The molecule has 78 valence electrons. The van der Waals surface area contributed by atoms with Gasteiger partial charge in [-0.25, -0.2) is 0 Å². The van der Waals surface area contributed by atoms with Crippen molar-refractivity contribution in [1.82, 2.24) is 4.90 Å². The summed E-state index contributed by atoms with van der Waals surface area (Å²) in [5.41, 5.74) is 3.89. The van der Waals surface area contributed by atoms with Crippen molar-refractivity contribution in [1.29, 1.82) is 0 Å². The fraction of sp³-hybridized carbons (Fsp3) is 0.400. The highest BCUT2D eigenvalue weighted by Crippen LogP contribution is 2.10. The van der Waals surface area contributed by atoms with Crippen LogP contribution in [0.25, 0.3) is 0 Å². The summed E-state index contributed by atoms with van der Waals surface area (Å²) >= 11 is 2.27. The first-order chi connectivity index (χ1) is 6.68. The van der Waals surface area contributed by atoms with Crippen LogP contribution in [0.15, 0.2) is 24.3 Å². The van der Waals surface area contributed by atoms with E-state index in [0.29, 0.717) is 6.61 Å². The second kappa shape index (κ2) is 6.21. The molecule has 14 heavy (non-hydrogen) atoms. The molecule has 0 aliphatic heterocycles. The zero-order chi connectivity index (χ0) is 10.4. The van der Waals surface area contributed by atoms with Crippen LogP contribution in [-0.4, -0.2) is 32.1 Å². The van der Waals surface area contributed by atoms with Gasteiger partial charge in [0.2, 0.25) is 0 Å². The third-order valence-corrected chi connectivity index (χ3v) is 2.39. The van der Waals surface area contributed by atoms with Gasteiger partial charge in [-0.1, -0.05) is 0 Å². The van der Waals surface area contributed by atoms with Gasteiger partial charge >= 0.3 is 0 Å². The van der Waals surface area contributed by atoms with Gasteiger partial charge in [-0.3, -0.25) is 10.3 Å². The van der Waals surface area contributed by atoms with Gasteiger partial charge in [0.1, 0.15) is 0 Å². The van der Waals surface area contributed by atoms with Crippen molar-refractivity contribution in [3.05, 3.63) is 27.8 Å².